The van der Waals surface area contributed by atoms with Crippen molar-refractivity contribution < 1.29 is 0 Å². The van der Waals surface area contributed by atoms with Gasteiger partial charge < -0.3 is 4.90 Å². The topological polar surface area (TPSA) is 39.9 Å². The highest BCUT2D eigenvalue weighted by molar-refractivity contribution is 6.77. The number of aromatic nitrogens is 1. The second-order valence-corrected chi connectivity index (χ2v) is 14.4. The van der Waals surface area contributed by atoms with E-state index in [1.165, 1.54) is 35.2 Å². The number of hydrogen-bond donors (Lipinski definition) is 0. The van der Waals surface area contributed by atoms with E-state index >= 15 is 0 Å². The molecular formula is C36H34N3Si. The van der Waals surface area contributed by atoms with Crippen LogP contribution in [-0.2, 0) is 0 Å². The summed E-state index contributed by atoms with van der Waals surface area (Å²) < 4.78 is 0. The van der Waals surface area contributed by atoms with Gasteiger partial charge in [0.2, 0.25) is 0 Å². The van der Waals surface area contributed by atoms with Crippen molar-refractivity contribution in [2.75, 3.05) is 4.90 Å². The molecule has 7 rings (SSSR count). The fourth-order valence-electron chi connectivity index (χ4n) is 7.45. The summed E-state index contributed by atoms with van der Waals surface area (Å²) in [7, 11) is -0.796. The number of anilines is 1. The van der Waals surface area contributed by atoms with Crippen molar-refractivity contribution in [3.63, 3.8) is 0 Å². The molecule has 1 aromatic heterocycles. The van der Waals surface area contributed by atoms with Gasteiger partial charge in [0.25, 0.3) is 0 Å². The van der Waals surface area contributed by atoms with E-state index in [2.05, 4.69) is 119 Å². The second-order valence-electron chi connectivity index (χ2n) is 11.5. The van der Waals surface area contributed by atoms with Crippen molar-refractivity contribution in [3.8, 4) is 6.07 Å². The molecule has 3 aromatic rings. The molecule has 2 heterocycles. The first-order valence-corrected chi connectivity index (χ1v) is 16.3. The minimum absolute atomic E-state index is 0.379. The first-order valence-electron chi connectivity index (χ1n) is 14.7. The first kappa shape index (κ1) is 25.1. The van der Waals surface area contributed by atoms with E-state index in [9.17, 15) is 5.26 Å². The van der Waals surface area contributed by atoms with Crippen molar-refractivity contribution in [1.82, 2.24) is 4.98 Å². The minimum atomic E-state index is -0.796. The summed E-state index contributed by atoms with van der Waals surface area (Å²) in [4.78, 5) is 6.90. The molecule has 0 N–H and O–H groups in total. The Morgan fingerprint density at radius 1 is 0.900 bits per heavy atom. The zero-order valence-corrected chi connectivity index (χ0v) is 23.7. The molecule has 0 amide bonds. The Hall–Kier alpha value is -3.94. The van der Waals surface area contributed by atoms with Crippen LogP contribution in [0.25, 0.3) is 5.57 Å². The average molecular weight is 537 g/mol. The largest absolute Gasteiger partial charge is 0.358 e. The third-order valence-electron chi connectivity index (χ3n) is 9.30. The molecule has 0 bridgehead atoms. The molecule has 1 saturated heterocycles. The van der Waals surface area contributed by atoms with E-state index in [4.69, 9.17) is 0 Å². The van der Waals surface area contributed by atoms with Crippen molar-refractivity contribution in [1.29, 1.82) is 5.26 Å². The van der Waals surface area contributed by atoms with Gasteiger partial charge in [-0.1, -0.05) is 90.2 Å². The number of rotatable bonds is 4. The Labute approximate surface area is 239 Å². The summed E-state index contributed by atoms with van der Waals surface area (Å²) in [6, 6.07) is 27.8. The normalized spacial score (nSPS) is 27.4. The monoisotopic (exact) mass is 536 g/mol. The lowest BCUT2D eigenvalue weighted by atomic mass is 9.82. The third kappa shape index (κ3) is 4.59. The van der Waals surface area contributed by atoms with E-state index in [1.807, 2.05) is 6.07 Å². The number of hydrogen-bond acceptors (Lipinski definition) is 3. The van der Waals surface area contributed by atoms with Crippen LogP contribution in [-0.4, -0.2) is 25.9 Å². The van der Waals surface area contributed by atoms with Gasteiger partial charge in [-0.25, -0.2) is 4.98 Å². The summed E-state index contributed by atoms with van der Waals surface area (Å²) >= 11 is 0. The fraction of sp³-hybridized carbons (Fsp3) is 0.278. The molecule has 5 unspecified atom stereocenters. The summed E-state index contributed by atoms with van der Waals surface area (Å²) in [6.07, 6.45) is 24.3. The molecule has 197 valence electrons. The van der Waals surface area contributed by atoms with Gasteiger partial charge in [-0.3, -0.25) is 0 Å². The molecule has 2 aromatic carbocycles. The number of allylic oxidation sites excluding steroid dienone is 5. The Kier molecular flexibility index (Phi) is 6.83. The highest BCUT2D eigenvalue weighted by atomic mass is 28.3. The van der Waals surface area contributed by atoms with E-state index < -0.39 is 8.80 Å². The SMILES string of the molecule is N#Cc1cc(C2CC=C(c3cccc(N4C5C=CC=CC5[Si](c5ccccc5)C5CCC=CC54)c3)CC2)ccn1. The molecular weight excluding hydrogens is 503 g/mol. The lowest BCUT2D eigenvalue weighted by Gasteiger charge is -2.54. The zero-order chi connectivity index (χ0) is 26.9. The molecule has 3 aliphatic carbocycles. The van der Waals surface area contributed by atoms with Crippen LogP contribution in [0.3, 0.4) is 0 Å². The molecule has 1 fully saturated rings. The van der Waals surface area contributed by atoms with Crippen molar-refractivity contribution in [2.45, 2.75) is 61.2 Å². The van der Waals surface area contributed by atoms with Crippen LogP contribution in [0.1, 0.15) is 54.8 Å². The maximum atomic E-state index is 9.26. The van der Waals surface area contributed by atoms with Crippen LogP contribution in [0, 0.1) is 11.3 Å². The Morgan fingerprint density at radius 2 is 1.80 bits per heavy atom. The Bertz CT molecular complexity index is 1540. The van der Waals surface area contributed by atoms with Crippen LogP contribution < -0.4 is 10.1 Å². The maximum Gasteiger partial charge on any atom is 0.140 e. The number of fused-ring (bicyclic) bond motifs is 2. The second kappa shape index (κ2) is 10.9. The quantitative estimate of drug-likeness (QED) is 0.256. The van der Waals surface area contributed by atoms with E-state index in [1.54, 1.807) is 11.4 Å². The summed E-state index contributed by atoms with van der Waals surface area (Å²) in [5.74, 6) is 0.454. The number of nitriles is 1. The van der Waals surface area contributed by atoms with E-state index in [0.29, 0.717) is 34.8 Å². The van der Waals surface area contributed by atoms with Crippen molar-refractivity contribution >= 4 is 25.2 Å². The van der Waals surface area contributed by atoms with Gasteiger partial charge >= 0.3 is 0 Å². The van der Waals surface area contributed by atoms with E-state index in [0.717, 1.165) is 19.3 Å². The number of benzene rings is 2. The lowest BCUT2D eigenvalue weighted by molar-refractivity contribution is 0.505. The van der Waals surface area contributed by atoms with Crippen LogP contribution >= 0.6 is 0 Å². The highest BCUT2D eigenvalue weighted by Gasteiger charge is 2.49. The van der Waals surface area contributed by atoms with Gasteiger partial charge in [-0.15, -0.1) is 0 Å². The highest BCUT2D eigenvalue weighted by Crippen LogP contribution is 2.48. The molecule has 5 atom stereocenters. The number of pyridine rings is 1. The molecule has 1 aliphatic heterocycles. The standard InChI is InChI=1S/C36H34N3Si/c37-25-30-23-29(21-22-38-30)27-19-17-26(18-20-27)28-9-8-10-31(24-28)39-33-13-4-6-15-35(33)40(32-11-2-1-3-12-32)36-16-7-5-14-34(36)39/h1-6,8-15,17,21-24,27,33-36H,7,16,18-20H2. The zero-order valence-electron chi connectivity index (χ0n) is 22.7. The van der Waals surface area contributed by atoms with Gasteiger partial charge in [0.1, 0.15) is 20.6 Å². The average Bonchev–Trinajstić information content (AvgIpc) is 3.04. The van der Waals surface area contributed by atoms with E-state index in [-0.39, 0.29) is 0 Å². The molecule has 4 heteroatoms. The third-order valence-corrected chi connectivity index (χ3v) is 13.0. The van der Waals surface area contributed by atoms with Crippen LogP contribution in [0.5, 0.6) is 0 Å². The van der Waals surface area contributed by atoms with Crippen LogP contribution in [0.4, 0.5) is 5.69 Å². The Morgan fingerprint density at radius 3 is 2.65 bits per heavy atom. The Balaban J connectivity index is 1.20. The smallest absolute Gasteiger partial charge is 0.140 e. The van der Waals surface area contributed by atoms with Crippen LogP contribution in [0.15, 0.2) is 115 Å². The summed E-state index contributed by atoms with van der Waals surface area (Å²) in [5.41, 5.74) is 7.14. The van der Waals surface area contributed by atoms with Crippen molar-refractivity contribution in [2.24, 2.45) is 0 Å². The molecule has 1 radical (unpaired) electrons. The summed E-state index contributed by atoms with van der Waals surface area (Å²) in [6.45, 7) is 0. The summed E-state index contributed by atoms with van der Waals surface area (Å²) in [5, 5.41) is 10.8. The minimum Gasteiger partial charge on any atom is -0.358 e. The molecule has 0 saturated carbocycles. The first-order chi connectivity index (χ1) is 19.8. The molecule has 0 spiro atoms. The van der Waals surface area contributed by atoms with Gasteiger partial charge in [0.15, 0.2) is 0 Å². The molecule has 3 nitrogen and oxygen atoms in total. The predicted molar refractivity (Wildman–Crippen MR) is 166 cm³/mol. The van der Waals surface area contributed by atoms with Crippen molar-refractivity contribution in [3.05, 3.63) is 132 Å². The molecule has 4 aliphatic rings. The predicted octanol–water partition coefficient (Wildman–Crippen LogP) is 7.48. The maximum absolute atomic E-state index is 9.26. The lowest BCUT2D eigenvalue weighted by Crippen LogP contribution is -2.61. The molecule has 40 heavy (non-hydrogen) atoms. The van der Waals surface area contributed by atoms with Gasteiger partial charge in [-0.2, -0.15) is 5.26 Å². The van der Waals surface area contributed by atoms with Gasteiger partial charge in [0.05, 0.1) is 6.04 Å². The van der Waals surface area contributed by atoms with Crippen LogP contribution in [0.2, 0.25) is 11.1 Å². The fourth-order valence-corrected chi connectivity index (χ4v) is 11.4. The van der Waals surface area contributed by atoms with Gasteiger partial charge in [-0.05, 0) is 90.1 Å². The number of nitrogens with zero attached hydrogens (tertiary/aromatic N) is 3. The van der Waals surface area contributed by atoms with Gasteiger partial charge in [0, 0.05) is 17.9 Å².